The normalized spacial score (nSPS) is 20.8. The molecule has 1 aliphatic heterocycles. The molecule has 1 saturated heterocycles. The molecule has 1 unspecified atom stereocenters. The first kappa shape index (κ1) is 10.9. The summed E-state index contributed by atoms with van der Waals surface area (Å²) < 4.78 is 13.9. The molecule has 1 fully saturated rings. The van der Waals surface area contributed by atoms with Gasteiger partial charge >= 0.3 is 0 Å². The maximum Gasteiger partial charge on any atom is 0.165 e. The standard InChI is InChI=1S/C11H13BrFNO/c12-9-3-4-10(13)11(15)8(9)6-7-2-1-5-14-7/h3-4,7,14-15H,1-2,5-6H2. The molecule has 2 N–H and O–H groups in total. The summed E-state index contributed by atoms with van der Waals surface area (Å²) in [5.74, 6) is -0.774. The molecule has 1 aromatic carbocycles. The van der Waals surface area contributed by atoms with Gasteiger partial charge in [-0.3, -0.25) is 0 Å². The molecule has 0 amide bonds. The van der Waals surface area contributed by atoms with Crippen molar-refractivity contribution in [2.75, 3.05) is 6.54 Å². The van der Waals surface area contributed by atoms with Gasteiger partial charge in [0.2, 0.25) is 0 Å². The molecule has 0 saturated carbocycles. The van der Waals surface area contributed by atoms with Crippen molar-refractivity contribution in [2.45, 2.75) is 25.3 Å². The molecule has 2 rings (SSSR count). The summed E-state index contributed by atoms with van der Waals surface area (Å²) in [6.07, 6.45) is 2.91. The van der Waals surface area contributed by atoms with Crippen LogP contribution in [-0.2, 0) is 6.42 Å². The van der Waals surface area contributed by atoms with Crippen molar-refractivity contribution in [1.82, 2.24) is 5.32 Å². The summed E-state index contributed by atoms with van der Waals surface area (Å²) in [5, 5.41) is 12.9. The van der Waals surface area contributed by atoms with E-state index in [1.54, 1.807) is 6.07 Å². The lowest BCUT2D eigenvalue weighted by Crippen LogP contribution is -2.23. The second-order valence-electron chi connectivity index (χ2n) is 3.85. The first-order chi connectivity index (χ1) is 7.18. The van der Waals surface area contributed by atoms with E-state index in [0.717, 1.165) is 23.9 Å². The zero-order valence-electron chi connectivity index (χ0n) is 8.26. The average Bonchev–Trinajstić information content (AvgIpc) is 2.71. The molecule has 0 aromatic heterocycles. The Morgan fingerprint density at radius 1 is 1.53 bits per heavy atom. The van der Waals surface area contributed by atoms with Crippen molar-refractivity contribution in [3.63, 3.8) is 0 Å². The van der Waals surface area contributed by atoms with Crippen LogP contribution < -0.4 is 5.32 Å². The summed E-state index contributed by atoms with van der Waals surface area (Å²) >= 11 is 3.33. The van der Waals surface area contributed by atoms with Crippen LogP contribution in [0.25, 0.3) is 0 Å². The molecule has 2 nitrogen and oxygen atoms in total. The van der Waals surface area contributed by atoms with E-state index in [-0.39, 0.29) is 5.75 Å². The van der Waals surface area contributed by atoms with Crippen LogP contribution in [-0.4, -0.2) is 17.7 Å². The summed E-state index contributed by atoms with van der Waals surface area (Å²) in [5.41, 5.74) is 0.661. The van der Waals surface area contributed by atoms with Gasteiger partial charge in [-0.25, -0.2) is 4.39 Å². The average molecular weight is 274 g/mol. The number of phenolic OH excluding ortho intramolecular Hbond substituents is 1. The quantitative estimate of drug-likeness (QED) is 0.868. The summed E-state index contributed by atoms with van der Waals surface area (Å²) in [7, 11) is 0. The molecule has 15 heavy (non-hydrogen) atoms. The van der Waals surface area contributed by atoms with E-state index in [9.17, 15) is 9.50 Å². The van der Waals surface area contributed by atoms with Crippen LogP contribution >= 0.6 is 15.9 Å². The Morgan fingerprint density at radius 3 is 3.00 bits per heavy atom. The number of halogens is 2. The Hall–Kier alpha value is -0.610. The lowest BCUT2D eigenvalue weighted by Gasteiger charge is -2.13. The minimum atomic E-state index is -0.550. The van der Waals surface area contributed by atoms with E-state index in [4.69, 9.17) is 0 Å². The molecule has 1 aliphatic rings. The second-order valence-corrected chi connectivity index (χ2v) is 4.71. The van der Waals surface area contributed by atoms with E-state index in [0.29, 0.717) is 18.0 Å². The fourth-order valence-corrected chi connectivity index (χ4v) is 2.44. The van der Waals surface area contributed by atoms with Crippen LogP contribution in [0, 0.1) is 5.82 Å². The molecule has 4 heteroatoms. The minimum Gasteiger partial charge on any atom is -0.505 e. The van der Waals surface area contributed by atoms with Crippen LogP contribution in [0.15, 0.2) is 16.6 Å². The van der Waals surface area contributed by atoms with E-state index < -0.39 is 5.82 Å². The molecule has 0 spiro atoms. The summed E-state index contributed by atoms with van der Waals surface area (Å²) in [6.45, 7) is 1.01. The Morgan fingerprint density at radius 2 is 2.33 bits per heavy atom. The van der Waals surface area contributed by atoms with Gasteiger partial charge in [-0.2, -0.15) is 0 Å². The highest BCUT2D eigenvalue weighted by Crippen LogP contribution is 2.30. The lowest BCUT2D eigenvalue weighted by molar-refractivity contribution is 0.421. The number of phenols is 1. The third-order valence-corrected chi connectivity index (χ3v) is 3.53. The number of rotatable bonds is 2. The van der Waals surface area contributed by atoms with Crippen molar-refractivity contribution in [3.05, 3.63) is 28.0 Å². The van der Waals surface area contributed by atoms with Crippen molar-refractivity contribution < 1.29 is 9.50 Å². The highest BCUT2D eigenvalue weighted by molar-refractivity contribution is 9.10. The van der Waals surface area contributed by atoms with Gasteiger partial charge in [-0.15, -0.1) is 0 Å². The lowest BCUT2D eigenvalue weighted by atomic mass is 10.0. The van der Waals surface area contributed by atoms with Gasteiger partial charge < -0.3 is 10.4 Å². The smallest absolute Gasteiger partial charge is 0.165 e. The van der Waals surface area contributed by atoms with Gasteiger partial charge in [0.05, 0.1) is 0 Å². The molecule has 0 aliphatic carbocycles. The van der Waals surface area contributed by atoms with Gasteiger partial charge in [0, 0.05) is 16.1 Å². The first-order valence-corrected chi connectivity index (χ1v) is 5.87. The Kier molecular flexibility index (Phi) is 3.26. The highest BCUT2D eigenvalue weighted by Gasteiger charge is 2.19. The number of hydrogen-bond donors (Lipinski definition) is 2. The third kappa shape index (κ3) is 2.32. The molecular formula is C11H13BrFNO. The van der Waals surface area contributed by atoms with E-state index in [1.807, 2.05) is 0 Å². The monoisotopic (exact) mass is 273 g/mol. The number of aromatic hydroxyl groups is 1. The molecular weight excluding hydrogens is 261 g/mol. The largest absolute Gasteiger partial charge is 0.505 e. The summed E-state index contributed by atoms with van der Waals surface area (Å²) in [6, 6.07) is 3.26. The van der Waals surface area contributed by atoms with Gasteiger partial charge in [-0.1, -0.05) is 15.9 Å². The number of hydrogen-bond acceptors (Lipinski definition) is 2. The Labute approximate surface area is 96.6 Å². The second kappa shape index (κ2) is 4.49. The Balaban J connectivity index is 2.22. The van der Waals surface area contributed by atoms with Gasteiger partial charge in [0.25, 0.3) is 0 Å². The van der Waals surface area contributed by atoms with Crippen LogP contribution in [0.5, 0.6) is 5.75 Å². The molecule has 82 valence electrons. The zero-order valence-corrected chi connectivity index (χ0v) is 9.85. The molecule has 1 heterocycles. The molecule has 1 aromatic rings. The predicted molar refractivity (Wildman–Crippen MR) is 60.5 cm³/mol. The van der Waals surface area contributed by atoms with Gasteiger partial charge in [0.15, 0.2) is 11.6 Å². The zero-order chi connectivity index (χ0) is 10.8. The van der Waals surface area contributed by atoms with Crippen molar-refractivity contribution in [1.29, 1.82) is 0 Å². The van der Waals surface area contributed by atoms with Crippen LogP contribution in [0.4, 0.5) is 4.39 Å². The van der Waals surface area contributed by atoms with Crippen molar-refractivity contribution >= 4 is 15.9 Å². The predicted octanol–water partition coefficient (Wildman–Crippen LogP) is 2.59. The topological polar surface area (TPSA) is 32.3 Å². The fourth-order valence-electron chi connectivity index (χ4n) is 1.95. The highest BCUT2D eigenvalue weighted by atomic mass is 79.9. The molecule has 1 atom stereocenters. The molecule has 0 bridgehead atoms. The number of benzene rings is 1. The maximum absolute atomic E-state index is 13.1. The Bertz CT molecular complexity index is 364. The van der Waals surface area contributed by atoms with Crippen LogP contribution in [0.3, 0.4) is 0 Å². The SMILES string of the molecule is Oc1c(F)ccc(Br)c1CC1CCCN1. The first-order valence-electron chi connectivity index (χ1n) is 5.07. The summed E-state index contributed by atoms with van der Waals surface area (Å²) in [4.78, 5) is 0. The van der Waals surface area contributed by atoms with Crippen molar-refractivity contribution in [3.8, 4) is 5.75 Å². The van der Waals surface area contributed by atoms with Crippen LogP contribution in [0.1, 0.15) is 18.4 Å². The fraction of sp³-hybridized carbons (Fsp3) is 0.455. The van der Waals surface area contributed by atoms with Crippen molar-refractivity contribution in [2.24, 2.45) is 0 Å². The van der Waals surface area contributed by atoms with Crippen LogP contribution in [0.2, 0.25) is 0 Å². The third-order valence-electron chi connectivity index (χ3n) is 2.79. The van der Waals surface area contributed by atoms with Gasteiger partial charge in [0.1, 0.15) is 0 Å². The van der Waals surface area contributed by atoms with Gasteiger partial charge in [-0.05, 0) is 37.9 Å². The van der Waals surface area contributed by atoms with E-state index in [1.165, 1.54) is 6.07 Å². The molecule has 0 radical (unpaired) electrons. The van der Waals surface area contributed by atoms with E-state index in [2.05, 4.69) is 21.2 Å². The minimum absolute atomic E-state index is 0.224. The maximum atomic E-state index is 13.1. The number of nitrogens with one attached hydrogen (secondary N) is 1. The van der Waals surface area contributed by atoms with E-state index >= 15 is 0 Å².